The molecule has 5 heteroatoms. The van der Waals surface area contributed by atoms with E-state index in [-0.39, 0.29) is 5.91 Å². The fraction of sp³-hybridized carbons (Fsp3) is 0.389. The Bertz CT molecular complexity index is 780. The van der Waals surface area contributed by atoms with Gasteiger partial charge in [0.2, 0.25) is 5.91 Å². The van der Waals surface area contributed by atoms with Crippen molar-refractivity contribution in [3.63, 3.8) is 0 Å². The number of benzene rings is 1. The second-order valence-electron chi connectivity index (χ2n) is 6.41. The molecule has 0 bridgehead atoms. The molecule has 0 saturated carbocycles. The number of hydrogen-bond acceptors (Lipinski definition) is 4. The van der Waals surface area contributed by atoms with Crippen molar-refractivity contribution in [2.45, 2.75) is 19.3 Å². The average Bonchev–Trinajstić information content (AvgIpc) is 2.52. The Morgan fingerprint density at radius 3 is 3.00 bits per heavy atom. The van der Waals surface area contributed by atoms with Gasteiger partial charge in [0.15, 0.2) is 0 Å². The Morgan fingerprint density at radius 2 is 2.26 bits per heavy atom. The van der Waals surface area contributed by atoms with Gasteiger partial charge in [0.1, 0.15) is 6.07 Å². The Hall–Kier alpha value is -2.45. The van der Waals surface area contributed by atoms with Crippen LogP contribution < -0.4 is 5.73 Å². The summed E-state index contributed by atoms with van der Waals surface area (Å²) in [5.41, 5.74) is 7.91. The smallest absolute Gasteiger partial charge is 0.231 e. The number of pyridine rings is 1. The van der Waals surface area contributed by atoms with Crippen LogP contribution in [0.2, 0.25) is 0 Å². The largest absolute Gasteiger partial charge is 0.369 e. The van der Waals surface area contributed by atoms with E-state index in [2.05, 4.69) is 22.9 Å². The van der Waals surface area contributed by atoms with Crippen molar-refractivity contribution in [3.8, 4) is 6.07 Å². The summed E-state index contributed by atoms with van der Waals surface area (Å²) in [5, 5.41) is 10.3. The molecule has 1 fully saturated rings. The minimum Gasteiger partial charge on any atom is -0.369 e. The lowest BCUT2D eigenvalue weighted by molar-refractivity contribution is -0.119. The first kappa shape index (κ1) is 15.4. The molecule has 5 nitrogen and oxygen atoms in total. The van der Waals surface area contributed by atoms with Gasteiger partial charge in [0, 0.05) is 24.7 Å². The number of primary amides is 1. The number of likely N-dealkylation sites (tertiary alicyclic amines) is 1. The lowest BCUT2D eigenvalue weighted by atomic mass is 9.83. The van der Waals surface area contributed by atoms with Crippen molar-refractivity contribution in [1.29, 1.82) is 5.26 Å². The van der Waals surface area contributed by atoms with Crippen molar-refractivity contribution in [2.75, 3.05) is 19.6 Å². The zero-order chi connectivity index (χ0) is 16.4. The number of aromatic nitrogens is 1. The number of fused-ring (bicyclic) bond motifs is 1. The van der Waals surface area contributed by atoms with Crippen LogP contribution in [0.15, 0.2) is 30.5 Å². The lowest BCUT2D eigenvalue weighted by Gasteiger charge is -2.36. The van der Waals surface area contributed by atoms with Gasteiger partial charge in [-0.25, -0.2) is 0 Å². The van der Waals surface area contributed by atoms with Crippen molar-refractivity contribution < 1.29 is 4.79 Å². The first-order valence-corrected chi connectivity index (χ1v) is 7.87. The fourth-order valence-corrected chi connectivity index (χ4v) is 3.68. The summed E-state index contributed by atoms with van der Waals surface area (Å²) in [6.07, 6.45) is 2.78. The summed E-state index contributed by atoms with van der Waals surface area (Å²) in [5.74, 6) is 0.525. The Morgan fingerprint density at radius 1 is 1.43 bits per heavy atom. The van der Waals surface area contributed by atoms with Crippen LogP contribution in [0.25, 0.3) is 10.9 Å². The van der Waals surface area contributed by atoms with Crippen LogP contribution >= 0.6 is 0 Å². The molecule has 2 aromatic rings. The number of hydrogen-bond donors (Lipinski definition) is 1. The van der Waals surface area contributed by atoms with Crippen LogP contribution in [0.3, 0.4) is 0 Å². The molecule has 0 spiro atoms. The van der Waals surface area contributed by atoms with Gasteiger partial charge in [-0.3, -0.25) is 14.7 Å². The number of nitrogens with two attached hydrogens (primary N) is 1. The molecule has 1 aliphatic rings. The maximum Gasteiger partial charge on any atom is 0.231 e. The van der Waals surface area contributed by atoms with Gasteiger partial charge in [0.05, 0.1) is 17.6 Å². The molecule has 1 aliphatic heterocycles. The highest BCUT2D eigenvalue weighted by atomic mass is 16.1. The van der Waals surface area contributed by atoms with E-state index in [1.807, 2.05) is 24.3 Å². The van der Waals surface area contributed by atoms with E-state index in [0.717, 1.165) is 30.4 Å². The molecule has 0 unspecified atom stereocenters. The molecule has 1 aromatic heterocycles. The van der Waals surface area contributed by atoms with Gasteiger partial charge in [-0.05, 0) is 36.0 Å². The van der Waals surface area contributed by atoms with E-state index in [4.69, 9.17) is 5.73 Å². The number of amides is 1. The molecular weight excluding hydrogens is 288 g/mol. The van der Waals surface area contributed by atoms with Crippen LogP contribution in [0.5, 0.6) is 0 Å². The zero-order valence-corrected chi connectivity index (χ0v) is 13.2. The molecule has 0 aliphatic carbocycles. The summed E-state index contributed by atoms with van der Waals surface area (Å²) < 4.78 is 0. The molecule has 118 valence electrons. The number of nitriles is 1. The van der Waals surface area contributed by atoms with E-state index in [9.17, 15) is 10.1 Å². The summed E-state index contributed by atoms with van der Waals surface area (Å²) >= 11 is 0. The van der Waals surface area contributed by atoms with E-state index >= 15 is 0 Å². The number of piperidine rings is 1. The van der Waals surface area contributed by atoms with E-state index in [1.165, 1.54) is 5.56 Å². The minimum absolute atomic E-state index is 0.288. The topological polar surface area (TPSA) is 83.0 Å². The lowest BCUT2D eigenvalue weighted by Crippen LogP contribution is -2.43. The fourth-order valence-electron chi connectivity index (χ4n) is 3.68. The highest BCUT2D eigenvalue weighted by Gasteiger charge is 2.28. The normalized spacial score (nSPS) is 21.9. The average molecular weight is 308 g/mol. The summed E-state index contributed by atoms with van der Waals surface area (Å²) in [6.45, 7) is 4.20. The van der Waals surface area contributed by atoms with Gasteiger partial charge < -0.3 is 5.73 Å². The zero-order valence-electron chi connectivity index (χ0n) is 13.2. The maximum atomic E-state index is 11.2. The standard InChI is InChI=1S/C18H20N4O/c1-12-7-14(10-22(9-12)11-17(20)23)15-5-4-13(8-19)18-16(15)3-2-6-21-18/h2-6,12,14H,7,9-11H2,1H3,(H2,20,23)/t12-,14-/m0/s1. The van der Waals surface area contributed by atoms with Crippen LogP contribution in [0.4, 0.5) is 0 Å². The molecule has 2 atom stereocenters. The molecule has 1 aromatic carbocycles. The molecule has 1 saturated heterocycles. The monoisotopic (exact) mass is 308 g/mol. The third kappa shape index (κ3) is 3.17. The summed E-state index contributed by atoms with van der Waals surface area (Å²) in [7, 11) is 0. The Labute approximate surface area is 135 Å². The number of nitrogens with zero attached hydrogens (tertiary/aromatic N) is 3. The summed E-state index contributed by atoms with van der Waals surface area (Å²) in [4.78, 5) is 17.8. The third-order valence-corrected chi connectivity index (χ3v) is 4.48. The number of carbonyl (C=O) groups excluding carboxylic acids is 1. The van der Waals surface area contributed by atoms with Crippen molar-refractivity contribution in [3.05, 3.63) is 41.6 Å². The SMILES string of the molecule is C[C@H]1C[C@H](c2ccc(C#N)c3ncccc23)CN(CC(N)=O)C1. The molecule has 2 heterocycles. The molecular formula is C18H20N4O. The second-order valence-corrected chi connectivity index (χ2v) is 6.41. The molecule has 3 rings (SSSR count). The van der Waals surface area contributed by atoms with Gasteiger partial charge in [0.25, 0.3) is 0 Å². The molecule has 23 heavy (non-hydrogen) atoms. The Kier molecular flexibility index (Phi) is 4.26. The van der Waals surface area contributed by atoms with E-state index in [1.54, 1.807) is 6.20 Å². The quantitative estimate of drug-likeness (QED) is 0.940. The highest BCUT2D eigenvalue weighted by molar-refractivity contribution is 5.87. The van der Waals surface area contributed by atoms with Crippen LogP contribution in [0, 0.1) is 17.2 Å². The van der Waals surface area contributed by atoms with Gasteiger partial charge in [-0.15, -0.1) is 0 Å². The molecule has 1 amide bonds. The first-order valence-electron chi connectivity index (χ1n) is 7.87. The molecule has 2 N–H and O–H groups in total. The van der Waals surface area contributed by atoms with E-state index in [0.29, 0.717) is 23.9 Å². The number of carbonyl (C=O) groups is 1. The highest BCUT2D eigenvalue weighted by Crippen LogP contribution is 2.34. The second kappa shape index (κ2) is 6.35. The maximum absolute atomic E-state index is 11.2. The first-order chi connectivity index (χ1) is 11.1. The predicted octanol–water partition coefficient (Wildman–Crippen LogP) is 2.02. The van der Waals surface area contributed by atoms with Gasteiger partial charge in [-0.1, -0.05) is 19.1 Å². The number of rotatable bonds is 3. The Balaban J connectivity index is 1.99. The predicted molar refractivity (Wildman–Crippen MR) is 88.6 cm³/mol. The van der Waals surface area contributed by atoms with Gasteiger partial charge in [-0.2, -0.15) is 5.26 Å². The molecule has 0 radical (unpaired) electrons. The van der Waals surface area contributed by atoms with E-state index < -0.39 is 0 Å². The van der Waals surface area contributed by atoms with Gasteiger partial charge >= 0.3 is 0 Å². The van der Waals surface area contributed by atoms with Crippen LogP contribution in [0.1, 0.15) is 30.4 Å². The van der Waals surface area contributed by atoms with Crippen LogP contribution in [-0.4, -0.2) is 35.4 Å². The van der Waals surface area contributed by atoms with Crippen LogP contribution in [-0.2, 0) is 4.79 Å². The third-order valence-electron chi connectivity index (χ3n) is 4.48. The van der Waals surface area contributed by atoms with Crippen molar-refractivity contribution in [1.82, 2.24) is 9.88 Å². The minimum atomic E-state index is -0.288. The van der Waals surface area contributed by atoms with Crippen molar-refractivity contribution in [2.24, 2.45) is 11.7 Å². The summed E-state index contributed by atoms with van der Waals surface area (Å²) in [6, 6.07) is 10.0. The van der Waals surface area contributed by atoms with Crippen molar-refractivity contribution >= 4 is 16.8 Å².